The van der Waals surface area contributed by atoms with Crippen molar-refractivity contribution < 1.29 is 0 Å². The molecular weight excluding hydrogens is 637 g/mol. The number of para-hydroxylation sites is 3. The SMILES string of the molecule is c1ccc(-c2ccc3c(c2)sc2cccc(-n4c5ccccc5c5cc(-c6ccc7c(c6)c6ccccc6n7-c6ccccc6)ccc54)c23)cc1. The first-order valence-electron chi connectivity index (χ1n) is 17.4. The zero-order chi connectivity index (χ0) is 33.5. The maximum atomic E-state index is 2.48. The smallest absolute Gasteiger partial charge is 0.0555 e. The standard InChI is InChI=1S/C48H30N2S/c1-3-12-31(13-4-1)34-22-25-38-47(30-34)51-46-21-11-20-45(48(38)46)50-42-19-10-8-17-37(42)40-29-33(24-27-44(40)50)32-23-26-43-39(28-32)36-16-7-9-18-41(36)49(43)35-14-5-2-6-15-35/h1-30H. The normalized spacial score (nSPS) is 11.9. The van der Waals surface area contributed by atoms with Gasteiger partial charge in [-0.25, -0.2) is 0 Å². The van der Waals surface area contributed by atoms with Gasteiger partial charge in [0.05, 0.1) is 27.8 Å². The molecule has 0 aliphatic heterocycles. The zero-order valence-electron chi connectivity index (χ0n) is 27.6. The minimum atomic E-state index is 1.18. The molecule has 0 saturated heterocycles. The number of benzene rings is 8. The predicted octanol–water partition coefficient (Wildman–Crippen LogP) is 13.6. The van der Waals surface area contributed by atoms with Crippen molar-refractivity contribution in [2.24, 2.45) is 0 Å². The van der Waals surface area contributed by atoms with Gasteiger partial charge in [0.2, 0.25) is 0 Å². The van der Waals surface area contributed by atoms with Crippen molar-refractivity contribution in [3.05, 3.63) is 182 Å². The lowest BCUT2D eigenvalue weighted by Gasteiger charge is -2.11. The molecule has 2 nitrogen and oxygen atoms in total. The molecule has 3 heterocycles. The summed E-state index contributed by atoms with van der Waals surface area (Å²) in [6.07, 6.45) is 0. The van der Waals surface area contributed by atoms with E-state index >= 15 is 0 Å². The van der Waals surface area contributed by atoms with Gasteiger partial charge in [-0.05, 0) is 89.0 Å². The van der Waals surface area contributed by atoms with Gasteiger partial charge in [-0.3, -0.25) is 0 Å². The summed E-state index contributed by atoms with van der Waals surface area (Å²) in [6, 6.07) is 66.6. The van der Waals surface area contributed by atoms with Gasteiger partial charge in [-0.2, -0.15) is 0 Å². The van der Waals surface area contributed by atoms with Crippen LogP contribution in [0.2, 0.25) is 0 Å². The molecule has 8 aromatic carbocycles. The molecule has 238 valence electrons. The van der Waals surface area contributed by atoms with E-state index in [0.717, 1.165) is 0 Å². The monoisotopic (exact) mass is 666 g/mol. The van der Waals surface area contributed by atoms with Gasteiger partial charge in [0, 0.05) is 47.4 Å². The van der Waals surface area contributed by atoms with Gasteiger partial charge in [0.1, 0.15) is 0 Å². The molecule has 0 aliphatic carbocycles. The highest BCUT2D eigenvalue weighted by molar-refractivity contribution is 7.26. The summed E-state index contributed by atoms with van der Waals surface area (Å²) in [5.74, 6) is 0. The van der Waals surface area contributed by atoms with E-state index in [1.54, 1.807) is 0 Å². The summed E-state index contributed by atoms with van der Waals surface area (Å²) >= 11 is 1.88. The predicted molar refractivity (Wildman–Crippen MR) is 219 cm³/mol. The van der Waals surface area contributed by atoms with Crippen LogP contribution in [0, 0.1) is 0 Å². The maximum Gasteiger partial charge on any atom is 0.0555 e. The third kappa shape index (κ3) is 4.29. The van der Waals surface area contributed by atoms with Crippen LogP contribution in [0.1, 0.15) is 0 Å². The molecule has 11 rings (SSSR count). The summed E-state index contributed by atoms with van der Waals surface area (Å²) < 4.78 is 7.47. The van der Waals surface area contributed by atoms with Crippen molar-refractivity contribution >= 4 is 75.1 Å². The Labute approximate surface area is 298 Å². The molecule has 0 N–H and O–H groups in total. The third-order valence-corrected chi connectivity index (χ3v) is 11.6. The minimum Gasteiger partial charge on any atom is -0.309 e. The van der Waals surface area contributed by atoms with E-state index in [2.05, 4.69) is 191 Å². The third-order valence-electron chi connectivity index (χ3n) is 10.5. The van der Waals surface area contributed by atoms with E-state index < -0.39 is 0 Å². The molecule has 3 aromatic heterocycles. The van der Waals surface area contributed by atoms with Crippen LogP contribution in [0.25, 0.3) is 97.4 Å². The first-order valence-corrected chi connectivity index (χ1v) is 18.3. The van der Waals surface area contributed by atoms with Gasteiger partial charge < -0.3 is 9.13 Å². The Morgan fingerprint density at radius 3 is 1.57 bits per heavy atom. The second-order valence-electron chi connectivity index (χ2n) is 13.3. The quantitative estimate of drug-likeness (QED) is 0.177. The molecular formula is C48H30N2S. The summed E-state index contributed by atoms with van der Waals surface area (Å²) in [6.45, 7) is 0. The number of fused-ring (bicyclic) bond motifs is 9. The summed E-state index contributed by atoms with van der Waals surface area (Å²) in [5.41, 5.74) is 12.2. The molecule has 0 amide bonds. The van der Waals surface area contributed by atoms with Gasteiger partial charge in [0.15, 0.2) is 0 Å². The van der Waals surface area contributed by atoms with Gasteiger partial charge >= 0.3 is 0 Å². The largest absolute Gasteiger partial charge is 0.309 e. The Kier molecular flexibility index (Phi) is 6.16. The number of rotatable bonds is 4. The molecule has 51 heavy (non-hydrogen) atoms. The van der Waals surface area contributed by atoms with Crippen LogP contribution in [0.4, 0.5) is 0 Å². The molecule has 0 unspecified atom stereocenters. The van der Waals surface area contributed by atoms with E-state index in [9.17, 15) is 0 Å². The van der Waals surface area contributed by atoms with Crippen LogP contribution < -0.4 is 0 Å². The molecule has 0 saturated carbocycles. The van der Waals surface area contributed by atoms with E-state index in [-0.39, 0.29) is 0 Å². The number of thiophene rings is 1. The minimum absolute atomic E-state index is 1.18. The molecule has 0 atom stereocenters. The van der Waals surface area contributed by atoms with Crippen molar-refractivity contribution in [1.29, 1.82) is 0 Å². The maximum absolute atomic E-state index is 2.48. The van der Waals surface area contributed by atoms with Crippen LogP contribution in [-0.4, -0.2) is 9.13 Å². The molecule has 0 radical (unpaired) electrons. The van der Waals surface area contributed by atoms with Gasteiger partial charge in [-0.1, -0.05) is 115 Å². The van der Waals surface area contributed by atoms with Crippen LogP contribution in [0.3, 0.4) is 0 Å². The van der Waals surface area contributed by atoms with Crippen molar-refractivity contribution in [3.63, 3.8) is 0 Å². The van der Waals surface area contributed by atoms with Gasteiger partial charge in [-0.15, -0.1) is 11.3 Å². The van der Waals surface area contributed by atoms with E-state index in [4.69, 9.17) is 0 Å². The fourth-order valence-corrected chi connectivity index (χ4v) is 9.39. The number of aromatic nitrogens is 2. The summed E-state index contributed by atoms with van der Waals surface area (Å²) in [5, 5.41) is 7.67. The molecule has 0 bridgehead atoms. The number of hydrogen-bond acceptors (Lipinski definition) is 1. The second-order valence-corrected chi connectivity index (χ2v) is 14.4. The topological polar surface area (TPSA) is 9.86 Å². The van der Waals surface area contributed by atoms with Crippen LogP contribution in [0.5, 0.6) is 0 Å². The number of hydrogen-bond donors (Lipinski definition) is 0. The zero-order valence-corrected chi connectivity index (χ0v) is 28.4. The lowest BCUT2D eigenvalue weighted by molar-refractivity contribution is 1.18. The first-order chi connectivity index (χ1) is 25.3. The lowest BCUT2D eigenvalue weighted by atomic mass is 10.0. The van der Waals surface area contributed by atoms with Crippen molar-refractivity contribution in [2.45, 2.75) is 0 Å². The molecule has 11 aromatic rings. The van der Waals surface area contributed by atoms with Crippen molar-refractivity contribution in [2.75, 3.05) is 0 Å². The first kappa shape index (κ1) is 28.4. The molecule has 0 fully saturated rings. The highest BCUT2D eigenvalue weighted by atomic mass is 32.1. The Balaban J connectivity index is 1.10. The second kappa shape index (κ2) is 11.0. The Morgan fingerprint density at radius 1 is 0.314 bits per heavy atom. The van der Waals surface area contributed by atoms with Crippen molar-refractivity contribution in [1.82, 2.24) is 9.13 Å². The van der Waals surface area contributed by atoms with E-state index in [1.807, 2.05) is 11.3 Å². The van der Waals surface area contributed by atoms with E-state index in [0.29, 0.717) is 0 Å². The Morgan fingerprint density at radius 2 is 0.863 bits per heavy atom. The fourth-order valence-electron chi connectivity index (χ4n) is 8.22. The van der Waals surface area contributed by atoms with Crippen LogP contribution in [0.15, 0.2) is 182 Å². The molecule has 0 spiro atoms. The highest BCUT2D eigenvalue weighted by Crippen LogP contribution is 2.43. The number of nitrogens with zero attached hydrogens (tertiary/aromatic N) is 2. The molecule has 0 aliphatic rings. The van der Waals surface area contributed by atoms with Crippen molar-refractivity contribution in [3.8, 4) is 33.6 Å². The average molecular weight is 667 g/mol. The van der Waals surface area contributed by atoms with E-state index in [1.165, 1.54) is 97.4 Å². The Bertz CT molecular complexity index is 3130. The molecule has 3 heteroatoms. The van der Waals surface area contributed by atoms with Gasteiger partial charge in [0.25, 0.3) is 0 Å². The average Bonchev–Trinajstić information content (AvgIpc) is 3.85. The highest BCUT2D eigenvalue weighted by Gasteiger charge is 2.19. The fraction of sp³-hybridized carbons (Fsp3) is 0. The summed E-state index contributed by atoms with van der Waals surface area (Å²) in [7, 11) is 0. The lowest BCUT2D eigenvalue weighted by Crippen LogP contribution is -1.94. The van der Waals surface area contributed by atoms with Crippen LogP contribution in [-0.2, 0) is 0 Å². The summed E-state index contributed by atoms with van der Waals surface area (Å²) in [4.78, 5) is 0. The van der Waals surface area contributed by atoms with Crippen LogP contribution >= 0.6 is 11.3 Å². The Hall–Kier alpha value is -6.42.